The summed E-state index contributed by atoms with van der Waals surface area (Å²) in [5.74, 6) is -1.33. The van der Waals surface area contributed by atoms with Crippen molar-refractivity contribution in [3.63, 3.8) is 0 Å². The van der Waals surface area contributed by atoms with Crippen molar-refractivity contribution >= 4 is 17.7 Å². The van der Waals surface area contributed by atoms with Crippen molar-refractivity contribution in [3.05, 3.63) is 0 Å². The number of carbonyl (C=O) groups excluding carboxylic acids is 3. The molecule has 0 aliphatic heterocycles. The zero-order valence-corrected chi connectivity index (χ0v) is 7.33. The van der Waals surface area contributed by atoms with E-state index in [9.17, 15) is 14.4 Å². The highest BCUT2D eigenvalue weighted by Gasteiger charge is 2.05. The highest BCUT2D eigenvalue weighted by molar-refractivity contribution is 5.87. The van der Waals surface area contributed by atoms with Crippen LogP contribution in [0.1, 0.15) is 6.92 Å². The predicted octanol–water partition coefficient (Wildman–Crippen LogP) is -1.81. The molecule has 0 aromatic carbocycles. The van der Waals surface area contributed by atoms with Crippen molar-refractivity contribution in [1.29, 1.82) is 0 Å². The summed E-state index contributed by atoms with van der Waals surface area (Å²) in [5, 5.41) is 2.28. The molecule has 0 rings (SSSR count). The van der Waals surface area contributed by atoms with Gasteiger partial charge in [0.15, 0.2) is 12.4 Å². The molecule has 0 spiro atoms. The summed E-state index contributed by atoms with van der Waals surface area (Å²) >= 11 is 0. The minimum absolute atomic E-state index is 0.132. The second-order valence-electron chi connectivity index (χ2n) is 2.31. The van der Waals surface area contributed by atoms with Gasteiger partial charge in [-0.1, -0.05) is 0 Å². The van der Waals surface area contributed by atoms with Crippen molar-refractivity contribution in [2.45, 2.75) is 6.92 Å². The Balaban J connectivity index is 3.52. The van der Waals surface area contributed by atoms with Gasteiger partial charge in [-0.15, -0.1) is 0 Å². The van der Waals surface area contributed by atoms with E-state index in [-0.39, 0.29) is 31.4 Å². The summed E-state index contributed by atoms with van der Waals surface area (Å²) < 4.78 is 4.42. The molecule has 1 amide bonds. The van der Waals surface area contributed by atoms with Crippen molar-refractivity contribution in [2.24, 2.45) is 5.73 Å². The van der Waals surface area contributed by atoms with Crippen LogP contribution < -0.4 is 11.1 Å². The standard InChI is InChI=1S/C7H12N2O4/c1-5(10)9-3-6(11)4-13-7(12)2-8/h2-4,8H2,1H3,(H,9,10). The van der Waals surface area contributed by atoms with Gasteiger partial charge in [-0.2, -0.15) is 0 Å². The van der Waals surface area contributed by atoms with E-state index in [4.69, 9.17) is 5.73 Å². The van der Waals surface area contributed by atoms with E-state index in [0.717, 1.165) is 0 Å². The first-order chi connectivity index (χ1) is 6.06. The Morgan fingerprint density at radius 2 is 2.00 bits per heavy atom. The van der Waals surface area contributed by atoms with Crippen LogP contribution in [0.15, 0.2) is 0 Å². The Bertz CT molecular complexity index is 215. The average molecular weight is 188 g/mol. The zero-order chi connectivity index (χ0) is 10.3. The lowest BCUT2D eigenvalue weighted by molar-refractivity contribution is -0.146. The Morgan fingerprint density at radius 3 is 2.46 bits per heavy atom. The van der Waals surface area contributed by atoms with Gasteiger partial charge in [-0.25, -0.2) is 0 Å². The van der Waals surface area contributed by atoms with Crippen molar-refractivity contribution in [2.75, 3.05) is 19.7 Å². The van der Waals surface area contributed by atoms with Gasteiger partial charge in [0.25, 0.3) is 0 Å². The van der Waals surface area contributed by atoms with Gasteiger partial charge in [0, 0.05) is 6.92 Å². The molecule has 0 unspecified atom stereocenters. The summed E-state index contributed by atoms with van der Waals surface area (Å²) in [6.07, 6.45) is 0. The van der Waals surface area contributed by atoms with E-state index in [0.29, 0.717) is 0 Å². The summed E-state index contributed by atoms with van der Waals surface area (Å²) in [4.78, 5) is 31.7. The van der Waals surface area contributed by atoms with Crippen molar-refractivity contribution in [1.82, 2.24) is 5.32 Å². The smallest absolute Gasteiger partial charge is 0.320 e. The lowest BCUT2D eigenvalue weighted by atomic mass is 10.4. The van der Waals surface area contributed by atoms with E-state index in [1.807, 2.05) is 0 Å². The highest BCUT2D eigenvalue weighted by atomic mass is 16.5. The molecule has 13 heavy (non-hydrogen) atoms. The summed E-state index contributed by atoms with van der Waals surface area (Å²) in [5.41, 5.74) is 4.92. The predicted molar refractivity (Wildman–Crippen MR) is 43.7 cm³/mol. The molecule has 0 bridgehead atoms. The minimum atomic E-state index is -0.642. The van der Waals surface area contributed by atoms with Gasteiger partial charge in [-0.3, -0.25) is 14.4 Å². The first-order valence-electron chi connectivity index (χ1n) is 3.68. The summed E-state index contributed by atoms with van der Waals surface area (Å²) in [6, 6.07) is 0. The first kappa shape index (κ1) is 11.6. The molecule has 0 fully saturated rings. The maximum Gasteiger partial charge on any atom is 0.320 e. The van der Waals surface area contributed by atoms with Crippen LogP contribution in [0, 0.1) is 0 Å². The number of ketones is 1. The van der Waals surface area contributed by atoms with E-state index in [2.05, 4.69) is 10.1 Å². The SMILES string of the molecule is CC(=O)NCC(=O)COC(=O)CN. The van der Waals surface area contributed by atoms with Crippen LogP contribution in [0.3, 0.4) is 0 Å². The van der Waals surface area contributed by atoms with Crippen LogP contribution in [-0.4, -0.2) is 37.4 Å². The molecular formula is C7H12N2O4. The number of ether oxygens (including phenoxy) is 1. The minimum Gasteiger partial charge on any atom is -0.457 e. The second kappa shape index (κ2) is 6.13. The van der Waals surface area contributed by atoms with Crippen LogP contribution in [0.5, 0.6) is 0 Å². The Morgan fingerprint density at radius 1 is 1.38 bits per heavy atom. The fraction of sp³-hybridized carbons (Fsp3) is 0.571. The van der Waals surface area contributed by atoms with Crippen molar-refractivity contribution in [3.8, 4) is 0 Å². The van der Waals surface area contributed by atoms with E-state index >= 15 is 0 Å². The van der Waals surface area contributed by atoms with E-state index in [1.165, 1.54) is 6.92 Å². The fourth-order valence-corrected chi connectivity index (χ4v) is 0.494. The summed E-state index contributed by atoms with van der Waals surface area (Å²) in [6.45, 7) is 0.552. The maximum atomic E-state index is 10.8. The van der Waals surface area contributed by atoms with Gasteiger partial charge >= 0.3 is 5.97 Å². The Kier molecular flexibility index (Phi) is 5.45. The topological polar surface area (TPSA) is 98.5 Å². The molecule has 3 N–H and O–H groups in total. The highest BCUT2D eigenvalue weighted by Crippen LogP contribution is 1.78. The fourth-order valence-electron chi connectivity index (χ4n) is 0.494. The molecule has 6 nitrogen and oxygen atoms in total. The van der Waals surface area contributed by atoms with Gasteiger partial charge in [-0.05, 0) is 0 Å². The summed E-state index contributed by atoms with van der Waals surface area (Å²) in [7, 11) is 0. The van der Waals surface area contributed by atoms with Crippen LogP contribution in [0.2, 0.25) is 0 Å². The number of rotatable bonds is 5. The monoisotopic (exact) mass is 188 g/mol. The maximum absolute atomic E-state index is 10.8. The van der Waals surface area contributed by atoms with Gasteiger partial charge in [0.05, 0.1) is 13.1 Å². The van der Waals surface area contributed by atoms with Crippen molar-refractivity contribution < 1.29 is 19.1 Å². The molecule has 6 heteroatoms. The molecule has 0 saturated heterocycles. The van der Waals surface area contributed by atoms with Crippen LogP contribution >= 0.6 is 0 Å². The number of hydrogen-bond donors (Lipinski definition) is 2. The average Bonchev–Trinajstić information content (AvgIpc) is 2.10. The molecular weight excluding hydrogens is 176 g/mol. The largest absolute Gasteiger partial charge is 0.457 e. The van der Waals surface area contributed by atoms with Crippen LogP contribution in [0.25, 0.3) is 0 Å². The number of amides is 1. The molecule has 0 saturated carbocycles. The lowest BCUT2D eigenvalue weighted by Crippen LogP contribution is -2.31. The lowest BCUT2D eigenvalue weighted by Gasteiger charge is -2.02. The van der Waals surface area contributed by atoms with Crippen LogP contribution in [-0.2, 0) is 19.1 Å². The van der Waals surface area contributed by atoms with Gasteiger partial charge in [0.2, 0.25) is 5.91 Å². The third-order valence-electron chi connectivity index (χ3n) is 1.10. The molecule has 0 heterocycles. The Labute approximate surface area is 75.4 Å². The Hall–Kier alpha value is -1.43. The molecule has 0 aliphatic rings. The number of hydrogen-bond acceptors (Lipinski definition) is 5. The third kappa shape index (κ3) is 6.95. The zero-order valence-electron chi connectivity index (χ0n) is 7.33. The molecule has 0 aromatic rings. The van der Waals surface area contributed by atoms with Crippen LogP contribution in [0.4, 0.5) is 0 Å². The third-order valence-corrected chi connectivity index (χ3v) is 1.10. The molecule has 0 aliphatic carbocycles. The molecule has 0 aromatic heterocycles. The van der Waals surface area contributed by atoms with Gasteiger partial charge < -0.3 is 15.8 Å². The molecule has 0 atom stereocenters. The molecule has 74 valence electrons. The first-order valence-corrected chi connectivity index (χ1v) is 3.68. The van der Waals surface area contributed by atoms with E-state index < -0.39 is 5.97 Å². The second-order valence-corrected chi connectivity index (χ2v) is 2.31. The number of nitrogens with one attached hydrogen (secondary N) is 1. The quantitative estimate of drug-likeness (QED) is 0.496. The van der Waals surface area contributed by atoms with E-state index in [1.54, 1.807) is 0 Å². The number of Topliss-reactive ketones (excluding diaryl/α,β-unsaturated/α-hetero) is 1. The van der Waals surface area contributed by atoms with Gasteiger partial charge in [0.1, 0.15) is 0 Å². The number of nitrogens with two attached hydrogens (primary N) is 1. The number of esters is 1. The normalized spacial score (nSPS) is 9.08. The molecule has 0 radical (unpaired) electrons. The number of carbonyl (C=O) groups is 3.